The van der Waals surface area contributed by atoms with Crippen LogP contribution in [0.5, 0.6) is 0 Å². The minimum absolute atomic E-state index is 0.0322. The zero-order chi connectivity index (χ0) is 11.1. The molecule has 0 radical (unpaired) electrons. The lowest BCUT2D eigenvalue weighted by Crippen LogP contribution is -2.17. The van der Waals surface area contributed by atoms with E-state index >= 15 is 0 Å². The molecule has 0 rings (SSSR count). The molecule has 0 heterocycles. The Kier molecular flexibility index (Phi) is 7.49. The lowest BCUT2D eigenvalue weighted by atomic mass is 9.93. The minimum atomic E-state index is 0.0322. The molecule has 0 bridgehead atoms. The lowest BCUT2D eigenvalue weighted by molar-refractivity contribution is 0.338. The summed E-state index contributed by atoms with van der Waals surface area (Å²) in [5, 5.41) is 0. The molecule has 0 aromatic carbocycles. The fraction of sp³-hybridized carbons (Fsp3) is 0.917. The molecule has 0 aliphatic carbocycles. The second-order valence-electron chi connectivity index (χ2n) is 4.99. The first kappa shape index (κ1) is 14.1. The topological polar surface area (TPSA) is 3.24 Å². The monoisotopic (exact) mass is 216 g/mol. The van der Waals surface area contributed by atoms with Gasteiger partial charge >= 0.3 is 0 Å². The van der Waals surface area contributed by atoms with Crippen molar-refractivity contribution in [2.75, 3.05) is 33.5 Å². The summed E-state index contributed by atoms with van der Waals surface area (Å²) in [6.07, 6.45) is 8.21. The van der Waals surface area contributed by atoms with Crippen molar-refractivity contribution in [2.24, 2.45) is 11.8 Å². The normalized spacial score (nSPS) is 14.9. The van der Waals surface area contributed by atoms with Gasteiger partial charge in [-0.2, -0.15) is 0 Å². The molecule has 84 valence electrons. The number of nitrogens with zero attached hydrogens (tertiary/aromatic N) is 1. The van der Waals surface area contributed by atoms with Gasteiger partial charge in [0.25, 0.3) is 0 Å². The first-order chi connectivity index (χ1) is 6.43. The van der Waals surface area contributed by atoms with Crippen LogP contribution in [0.3, 0.4) is 0 Å². The Morgan fingerprint density at radius 1 is 1.29 bits per heavy atom. The molecule has 0 aliphatic rings. The van der Waals surface area contributed by atoms with E-state index in [4.69, 9.17) is 0 Å². The predicted octanol–water partition coefficient (Wildman–Crippen LogP) is 3.14. The zero-order valence-electron chi connectivity index (χ0n) is 10.6. The summed E-state index contributed by atoms with van der Waals surface area (Å²) in [6.45, 7) is 8.21. The molecule has 0 aliphatic heterocycles. The summed E-state index contributed by atoms with van der Waals surface area (Å²) in [7, 11) is 4.33. The van der Waals surface area contributed by atoms with Gasteiger partial charge in [0.05, 0.1) is 20.5 Å². The van der Waals surface area contributed by atoms with Crippen molar-refractivity contribution in [1.29, 1.82) is 0 Å². The molecular formula is C12H27NP+. The minimum Gasteiger partial charge on any atom is -0.309 e. The maximum atomic E-state index is 4.16. The third-order valence-electron chi connectivity index (χ3n) is 2.67. The Morgan fingerprint density at radius 3 is 2.21 bits per heavy atom. The van der Waals surface area contributed by atoms with Crippen LogP contribution in [0, 0.1) is 11.8 Å². The summed E-state index contributed by atoms with van der Waals surface area (Å²) in [4.78, 5) is 2.27. The second-order valence-corrected chi connectivity index (χ2v) is 7.07. The van der Waals surface area contributed by atoms with Gasteiger partial charge in [-0.25, -0.2) is 0 Å². The molecule has 2 atom stereocenters. The second kappa shape index (κ2) is 7.43. The van der Waals surface area contributed by atoms with Crippen LogP contribution >= 0.6 is 7.55 Å². The Labute approximate surface area is 91.3 Å². The fourth-order valence-corrected chi connectivity index (χ4v) is 3.11. The highest BCUT2D eigenvalue weighted by molar-refractivity contribution is 7.54. The van der Waals surface area contributed by atoms with Crippen molar-refractivity contribution in [3.63, 3.8) is 0 Å². The summed E-state index contributed by atoms with van der Waals surface area (Å²) < 4.78 is 0. The maximum Gasteiger partial charge on any atom is 0.108 e. The first-order valence-electron chi connectivity index (χ1n) is 5.59. The van der Waals surface area contributed by atoms with Crippen LogP contribution in [0.1, 0.15) is 26.7 Å². The highest BCUT2D eigenvalue weighted by Gasteiger charge is 2.17. The van der Waals surface area contributed by atoms with Crippen LogP contribution in [-0.2, 0) is 0 Å². The van der Waals surface area contributed by atoms with Crippen LogP contribution in [0.25, 0.3) is 0 Å². The number of hydrogen-bond donors (Lipinski definition) is 0. The van der Waals surface area contributed by atoms with Crippen molar-refractivity contribution >= 4 is 13.8 Å². The molecule has 1 nitrogen and oxygen atoms in total. The van der Waals surface area contributed by atoms with E-state index in [2.05, 4.69) is 45.8 Å². The van der Waals surface area contributed by atoms with Crippen LogP contribution in [-0.4, -0.2) is 44.7 Å². The van der Waals surface area contributed by atoms with Crippen molar-refractivity contribution in [3.05, 3.63) is 0 Å². The smallest absolute Gasteiger partial charge is 0.108 e. The SMILES string of the molecule is C=[P+](C)CC(CCCN(C)C)C(C)C. The maximum absolute atomic E-state index is 4.16. The van der Waals surface area contributed by atoms with Gasteiger partial charge in [0, 0.05) is 5.92 Å². The van der Waals surface area contributed by atoms with Gasteiger partial charge in [-0.1, -0.05) is 13.8 Å². The van der Waals surface area contributed by atoms with E-state index in [0.29, 0.717) is 0 Å². The molecule has 0 fully saturated rings. The predicted molar refractivity (Wildman–Crippen MR) is 70.9 cm³/mol. The van der Waals surface area contributed by atoms with E-state index in [9.17, 15) is 0 Å². The Bertz CT molecular complexity index is 164. The van der Waals surface area contributed by atoms with Gasteiger partial charge in [-0.15, -0.1) is 0 Å². The molecule has 14 heavy (non-hydrogen) atoms. The third kappa shape index (κ3) is 7.53. The van der Waals surface area contributed by atoms with Crippen molar-refractivity contribution in [2.45, 2.75) is 26.7 Å². The quantitative estimate of drug-likeness (QED) is 0.591. The first-order valence-corrected chi connectivity index (χ1v) is 7.75. The number of hydrogen-bond acceptors (Lipinski definition) is 1. The van der Waals surface area contributed by atoms with Gasteiger partial charge in [-0.3, -0.25) is 0 Å². The highest BCUT2D eigenvalue weighted by atomic mass is 31.1. The van der Waals surface area contributed by atoms with Crippen LogP contribution in [0.15, 0.2) is 0 Å². The average molecular weight is 216 g/mol. The summed E-state index contributed by atoms with van der Waals surface area (Å²) in [5.41, 5.74) is 0. The Hall–Kier alpha value is 0.130. The molecule has 0 N–H and O–H groups in total. The number of rotatable bonds is 7. The van der Waals surface area contributed by atoms with Gasteiger partial charge in [-0.05, 0) is 39.4 Å². The van der Waals surface area contributed by atoms with E-state index in [-0.39, 0.29) is 7.55 Å². The molecule has 0 aromatic heterocycles. The fourth-order valence-electron chi connectivity index (χ4n) is 1.71. The van der Waals surface area contributed by atoms with Crippen molar-refractivity contribution < 1.29 is 0 Å². The van der Waals surface area contributed by atoms with Gasteiger partial charge in [0.15, 0.2) is 0 Å². The zero-order valence-corrected chi connectivity index (χ0v) is 11.5. The largest absolute Gasteiger partial charge is 0.309 e. The van der Waals surface area contributed by atoms with E-state index in [1.54, 1.807) is 0 Å². The van der Waals surface area contributed by atoms with E-state index in [1.807, 2.05) is 0 Å². The molecule has 0 aromatic rings. The van der Waals surface area contributed by atoms with Gasteiger partial charge in [0.2, 0.25) is 0 Å². The highest BCUT2D eigenvalue weighted by Crippen LogP contribution is 2.27. The van der Waals surface area contributed by atoms with Gasteiger partial charge < -0.3 is 4.90 Å². The Balaban J connectivity index is 3.79. The van der Waals surface area contributed by atoms with Crippen LogP contribution in [0.2, 0.25) is 0 Å². The summed E-state index contributed by atoms with van der Waals surface area (Å²) in [5.74, 6) is 1.72. The summed E-state index contributed by atoms with van der Waals surface area (Å²) >= 11 is 0. The third-order valence-corrected chi connectivity index (χ3v) is 3.76. The van der Waals surface area contributed by atoms with Crippen molar-refractivity contribution in [1.82, 2.24) is 4.90 Å². The molecule has 2 heteroatoms. The van der Waals surface area contributed by atoms with Crippen molar-refractivity contribution in [3.8, 4) is 0 Å². The lowest BCUT2D eigenvalue weighted by Gasteiger charge is -2.18. The average Bonchev–Trinajstić information content (AvgIpc) is 2.00. The van der Waals surface area contributed by atoms with E-state index in [1.165, 1.54) is 25.5 Å². The molecule has 0 saturated heterocycles. The van der Waals surface area contributed by atoms with E-state index in [0.717, 1.165) is 11.8 Å². The molecule has 2 unspecified atom stereocenters. The molecular weight excluding hydrogens is 189 g/mol. The standard InChI is InChI=1S/C12H27NP/c1-11(2)12(10-14(5)6)8-7-9-13(3)4/h11-12H,5,7-10H2,1-4,6H3/q+1. The van der Waals surface area contributed by atoms with E-state index < -0.39 is 0 Å². The molecule has 0 amide bonds. The Morgan fingerprint density at radius 2 is 1.86 bits per heavy atom. The van der Waals surface area contributed by atoms with Crippen LogP contribution < -0.4 is 0 Å². The van der Waals surface area contributed by atoms with Crippen LogP contribution in [0.4, 0.5) is 0 Å². The summed E-state index contributed by atoms with van der Waals surface area (Å²) in [6, 6.07) is 0. The molecule has 0 saturated carbocycles. The molecule has 0 spiro atoms. The van der Waals surface area contributed by atoms with Gasteiger partial charge in [0.1, 0.15) is 6.16 Å².